The van der Waals surface area contributed by atoms with E-state index in [0.29, 0.717) is 0 Å². The molecule has 4 rings (SSSR count). The minimum Gasteiger partial charge on any atom is -0.481 e. The summed E-state index contributed by atoms with van der Waals surface area (Å²) in [5, 5.41) is 11.2. The molecule has 0 radical (unpaired) electrons. The van der Waals surface area contributed by atoms with Gasteiger partial charge >= 0.3 is 19.0 Å². The molecule has 5 nitrogen and oxygen atoms in total. The maximum atomic E-state index is 13.2. The number of fused-ring (bicyclic) bond motifs is 3. The number of rotatable bonds is 6. The van der Waals surface area contributed by atoms with Crippen LogP contribution in [0.1, 0.15) is 22.6 Å². The molecule has 0 bridgehead atoms. The van der Waals surface area contributed by atoms with Crippen LogP contribution in [0.3, 0.4) is 0 Å². The van der Waals surface area contributed by atoms with E-state index in [2.05, 4.69) is 5.32 Å². The van der Waals surface area contributed by atoms with E-state index >= 15 is 0 Å². The van der Waals surface area contributed by atoms with Crippen molar-refractivity contribution in [2.45, 2.75) is 12.3 Å². The third-order valence-corrected chi connectivity index (χ3v) is 5.34. The van der Waals surface area contributed by atoms with Crippen LogP contribution < -0.4 is 10.8 Å². The van der Waals surface area contributed by atoms with Crippen LogP contribution in [-0.4, -0.2) is 30.8 Å². The number of nitrogens with one attached hydrogen (secondary N) is 1. The summed E-state index contributed by atoms with van der Waals surface area (Å²) in [5.74, 6) is -1.47. The minimum absolute atomic E-state index is 0.00470. The third kappa shape index (κ3) is 4.46. The van der Waals surface area contributed by atoms with Crippen LogP contribution in [0.15, 0.2) is 66.7 Å². The van der Waals surface area contributed by atoms with Crippen molar-refractivity contribution >= 4 is 30.2 Å². The van der Waals surface area contributed by atoms with Crippen molar-refractivity contribution in [3.8, 4) is 11.1 Å². The van der Waals surface area contributed by atoms with Gasteiger partial charge < -0.3 is 22.8 Å². The fraction of sp³-hybridized carbons (Fsp3) is 0.130. The van der Waals surface area contributed by atoms with Crippen LogP contribution in [0, 0.1) is 0 Å². The first kappa shape index (κ1) is 21.5. The molecule has 0 saturated heterocycles. The van der Waals surface area contributed by atoms with Gasteiger partial charge in [0.1, 0.15) is 6.61 Å². The molecule has 0 spiro atoms. The first-order valence-corrected chi connectivity index (χ1v) is 9.90. The summed E-state index contributed by atoms with van der Waals surface area (Å²) in [5.41, 5.74) is 2.89. The lowest BCUT2D eigenvalue weighted by atomic mass is 9.79. The van der Waals surface area contributed by atoms with Gasteiger partial charge in [-0.1, -0.05) is 60.7 Å². The molecule has 0 saturated carbocycles. The zero-order valence-electron chi connectivity index (χ0n) is 16.7. The van der Waals surface area contributed by atoms with E-state index in [0.717, 1.165) is 34.4 Å². The van der Waals surface area contributed by atoms with Gasteiger partial charge in [-0.2, -0.15) is 0 Å². The summed E-state index contributed by atoms with van der Waals surface area (Å²) >= 11 is 0. The smallest absolute Gasteiger partial charge is 0.481 e. The second-order valence-electron chi connectivity index (χ2n) is 7.56. The number of carboxylic acids is 1. The molecule has 2 N–H and O–H groups in total. The Hall–Kier alpha value is -3.75. The molecule has 0 fully saturated rings. The number of ether oxygens (including phenoxy) is 1. The second kappa shape index (κ2) is 8.41. The van der Waals surface area contributed by atoms with Crippen LogP contribution in [0.4, 0.5) is 23.4 Å². The predicted octanol–water partition coefficient (Wildman–Crippen LogP) is 4.73. The Morgan fingerprint density at radius 3 is 2.09 bits per heavy atom. The molecule has 0 unspecified atom stereocenters. The average Bonchev–Trinajstić information content (AvgIpc) is 3.05. The van der Waals surface area contributed by atoms with Gasteiger partial charge in [-0.15, -0.1) is 5.46 Å². The molecular formula is C23H18BF3NO4-. The SMILES string of the molecule is O=C(O)Cc1cc(NC(=O)OCC2c3ccccc3-c3ccccc32)cc([B-](F)(F)F)c1. The molecule has 0 heterocycles. The number of anilines is 1. The lowest BCUT2D eigenvalue weighted by Gasteiger charge is -2.18. The highest BCUT2D eigenvalue weighted by Gasteiger charge is 2.29. The monoisotopic (exact) mass is 440 g/mol. The number of benzene rings is 3. The predicted molar refractivity (Wildman–Crippen MR) is 115 cm³/mol. The van der Waals surface area contributed by atoms with Crippen molar-refractivity contribution in [1.29, 1.82) is 0 Å². The van der Waals surface area contributed by atoms with Crippen molar-refractivity contribution in [3.63, 3.8) is 0 Å². The number of carbonyl (C=O) groups is 2. The molecule has 3 aromatic carbocycles. The highest BCUT2D eigenvalue weighted by molar-refractivity contribution is 6.73. The van der Waals surface area contributed by atoms with Gasteiger partial charge in [0.15, 0.2) is 0 Å². The van der Waals surface area contributed by atoms with Gasteiger partial charge in [-0.25, -0.2) is 4.79 Å². The normalized spacial score (nSPS) is 12.7. The Labute approximate surface area is 181 Å². The molecule has 1 amide bonds. The highest BCUT2D eigenvalue weighted by atomic mass is 19.4. The Bertz CT molecular complexity index is 1150. The number of aliphatic carboxylic acids is 1. The van der Waals surface area contributed by atoms with Gasteiger partial charge in [-0.3, -0.25) is 10.1 Å². The summed E-state index contributed by atoms with van der Waals surface area (Å²) in [6, 6.07) is 18.3. The third-order valence-electron chi connectivity index (χ3n) is 5.34. The molecule has 164 valence electrons. The van der Waals surface area contributed by atoms with E-state index in [1.807, 2.05) is 48.5 Å². The summed E-state index contributed by atoms with van der Waals surface area (Å²) < 4.78 is 45.0. The van der Waals surface area contributed by atoms with Crippen LogP contribution in [0.2, 0.25) is 0 Å². The summed E-state index contributed by atoms with van der Waals surface area (Å²) in [6.45, 7) is -5.36. The van der Waals surface area contributed by atoms with Crippen molar-refractivity contribution in [1.82, 2.24) is 0 Å². The summed E-state index contributed by atoms with van der Waals surface area (Å²) in [6.07, 6.45) is -1.51. The molecule has 0 aromatic heterocycles. The van der Waals surface area contributed by atoms with Crippen LogP contribution in [-0.2, 0) is 16.0 Å². The lowest BCUT2D eigenvalue weighted by Crippen LogP contribution is -2.35. The Balaban J connectivity index is 1.51. The number of halogens is 3. The number of amides is 1. The molecular weight excluding hydrogens is 422 g/mol. The highest BCUT2D eigenvalue weighted by Crippen LogP contribution is 2.44. The fourth-order valence-corrected chi connectivity index (χ4v) is 4.01. The minimum atomic E-state index is -5.37. The molecule has 1 aliphatic rings. The number of carbonyl (C=O) groups excluding carboxylic acids is 1. The average molecular weight is 440 g/mol. The lowest BCUT2D eigenvalue weighted by molar-refractivity contribution is -0.136. The van der Waals surface area contributed by atoms with Crippen molar-refractivity contribution in [2.24, 2.45) is 0 Å². The molecule has 1 aliphatic carbocycles. The zero-order valence-corrected chi connectivity index (χ0v) is 16.7. The van der Waals surface area contributed by atoms with E-state index in [4.69, 9.17) is 9.84 Å². The van der Waals surface area contributed by atoms with E-state index < -0.39 is 30.9 Å². The van der Waals surface area contributed by atoms with E-state index in [1.54, 1.807) is 0 Å². The van der Waals surface area contributed by atoms with Gasteiger partial charge in [0.2, 0.25) is 0 Å². The van der Waals surface area contributed by atoms with Gasteiger partial charge in [0.25, 0.3) is 0 Å². The quantitative estimate of drug-likeness (QED) is 0.544. The topological polar surface area (TPSA) is 75.6 Å². The van der Waals surface area contributed by atoms with E-state index in [1.165, 1.54) is 6.07 Å². The molecule has 0 aliphatic heterocycles. The van der Waals surface area contributed by atoms with Crippen LogP contribution in [0.25, 0.3) is 11.1 Å². The Morgan fingerprint density at radius 2 is 1.53 bits per heavy atom. The largest absolute Gasteiger partial charge is 0.509 e. The number of hydrogen-bond donors (Lipinski definition) is 2. The van der Waals surface area contributed by atoms with Gasteiger partial charge in [-0.05, 0) is 33.9 Å². The van der Waals surface area contributed by atoms with Crippen LogP contribution in [0.5, 0.6) is 0 Å². The maximum absolute atomic E-state index is 13.2. The van der Waals surface area contributed by atoms with Crippen molar-refractivity contribution in [3.05, 3.63) is 83.4 Å². The summed E-state index contributed by atoms with van der Waals surface area (Å²) in [7, 11) is 0. The fourth-order valence-electron chi connectivity index (χ4n) is 4.01. The molecule has 0 atom stereocenters. The number of carboxylic acid groups (broad SMARTS) is 1. The number of hydrogen-bond acceptors (Lipinski definition) is 3. The maximum Gasteiger partial charge on any atom is 0.509 e. The van der Waals surface area contributed by atoms with Crippen LogP contribution >= 0.6 is 0 Å². The summed E-state index contributed by atoms with van der Waals surface area (Å²) in [4.78, 5) is 23.3. The zero-order chi connectivity index (χ0) is 22.9. The van der Waals surface area contributed by atoms with Crippen molar-refractivity contribution < 1.29 is 32.4 Å². The molecule has 9 heteroatoms. The van der Waals surface area contributed by atoms with Gasteiger partial charge in [0.05, 0.1) is 6.42 Å². The molecule has 32 heavy (non-hydrogen) atoms. The Morgan fingerprint density at radius 1 is 0.938 bits per heavy atom. The van der Waals surface area contributed by atoms with E-state index in [-0.39, 0.29) is 23.8 Å². The first-order chi connectivity index (χ1) is 15.2. The Kier molecular flexibility index (Phi) is 5.65. The second-order valence-corrected chi connectivity index (χ2v) is 7.56. The van der Waals surface area contributed by atoms with Gasteiger partial charge in [0, 0.05) is 11.6 Å². The molecule has 3 aromatic rings. The first-order valence-electron chi connectivity index (χ1n) is 9.90. The standard InChI is InChI=1S/C23H18BF3NO4/c25-24(26,27)15-9-14(11-22(29)30)10-16(12-15)28-23(31)32-13-21-19-7-3-1-5-17(19)18-6-2-4-8-20(18)21/h1-10,12,21H,11,13H2,(H,28,31)(H,29,30)/q-1. The van der Waals surface area contributed by atoms with Crippen molar-refractivity contribution in [2.75, 3.05) is 11.9 Å². The van der Waals surface area contributed by atoms with E-state index in [9.17, 15) is 22.5 Å².